The van der Waals surface area contributed by atoms with Gasteiger partial charge in [-0.2, -0.15) is 13.2 Å². The Morgan fingerprint density at radius 1 is 1.33 bits per heavy atom. The molecule has 1 aromatic carbocycles. The molecule has 0 saturated heterocycles. The fourth-order valence-electron chi connectivity index (χ4n) is 1.60. The molecule has 0 aliphatic heterocycles. The third-order valence-electron chi connectivity index (χ3n) is 2.49. The van der Waals surface area contributed by atoms with Crippen molar-refractivity contribution >= 4 is 23.6 Å². The number of halogens is 3. The number of thioether (sulfide) groups is 1. The first-order valence-corrected chi connectivity index (χ1v) is 6.85. The van der Waals surface area contributed by atoms with Gasteiger partial charge in [0.1, 0.15) is 0 Å². The zero-order chi connectivity index (χ0) is 16.0. The lowest BCUT2D eigenvalue weighted by atomic mass is 10.1. The predicted octanol–water partition coefficient (Wildman–Crippen LogP) is 3.14. The van der Waals surface area contributed by atoms with Crippen LogP contribution in [0.1, 0.15) is 23.7 Å². The number of carbonyl (C=O) groups excluding carboxylic acids is 1. The Labute approximate surface area is 123 Å². The van der Waals surface area contributed by atoms with E-state index < -0.39 is 17.4 Å². The smallest absolute Gasteiger partial charge is 0.446 e. The number of benzene rings is 1. The summed E-state index contributed by atoms with van der Waals surface area (Å²) in [5.74, 6) is -1.96. The molecular formula is C13H14F3NO3S. The molecule has 0 heterocycles. The molecule has 1 unspecified atom stereocenters. The second kappa shape index (κ2) is 7.35. The number of carboxylic acids is 1. The maximum atomic E-state index is 12.4. The molecule has 0 fully saturated rings. The molecule has 2 N–H and O–H groups in total. The second-order valence-electron chi connectivity index (χ2n) is 4.46. The predicted molar refractivity (Wildman–Crippen MR) is 72.1 cm³/mol. The molecule has 1 amide bonds. The number of carboxylic acid groups (broad SMARTS) is 1. The van der Waals surface area contributed by atoms with E-state index in [0.717, 1.165) is 0 Å². The molecule has 1 aromatic rings. The van der Waals surface area contributed by atoms with Crippen molar-refractivity contribution < 1.29 is 27.9 Å². The molecule has 0 aromatic heterocycles. The van der Waals surface area contributed by atoms with Crippen molar-refractivity contribution in [1.29, 1.82) is 0 Å². The van der Waals surface area contributed by atoms with Crippen molar-refractivity contribution in [3.8, 4) is 0 Å². The highest BCUT2D eigenvalue weighted by Gasteiger charge is 2.31. The van der Waals surface area contributed by atoms with Crippen molar-refractivity contribution in [3.63, 3.8) is 0 Å². The number of alkyl halides is 3. The number of rotatable bonds is 6. The fourth-order valence-corrected chi connectivity index (χ4v) is 2.27. The Kier molecular flexibility index (Phi) is 6.07. The second-order valence-corrected chi connectivity index (χ2v) is 5.56. The van der Waals surface area contributed by atoms with Crippen LogP contribution in [0.25, 0.3) is 0 Å². The van der Waals surface area contributed by atoms with Crippen LogP contribution in [-0.2, 0) is 4.79 Å². The summed E-state index contributed by atoms with van der Waals surface area (Å²) >= 11 is -0.354. The monoisotopic (exact) mass is 321 g/mol. The van der Waals surface area contributed by atoms with Crippen molar-refractivity contribution in [2.75, 3.05) is 6.54 Å². The van der Waals surface area contributed by atoms with Gasteiger partial charge in [0.15, 0.2) is 0 Å². The van der Waals surface area contributed by atoms with Gasteiger partial charge < -0.3 is 10.4 Å². The molecule has 0 bridgehead atoms. The standard InChI is InChI=1S/C13H14F3NO3S/c1-8(6-11(18)19)7-17-12(20)9-4-2-3-5-10(9)21-13(14,15)16/h2-5,8H,6-7H2,1H3,(H,17,20)(H,18,19). The minimum absolute atomic E-state index is 0.0795. The Balaban J connectivity index is 2.72. The van der Waals surface area contributed by atoms with Gasteiger partial charge in [0, 0.05) is 17.9 Å². The molecule has 1 atom stereocenters. The minimum Gasteiger partial charge on any atom is -0.481 e. The molecule has 0 radical (unpaired) electrons. The molecule has 116 valence electrons. The lowest BCUT2D eigenvalue weighted by Gasteiger charge is -2.13. The van der Waals surface area contributed by atoms with E-state index in [2.05, 4.69) is 5.32 Å². The van der Waals surface area contributed by atoms with Crippen LogP contribution < -0.4 is 5.32 Å². The Morgan fingerprint density at radius 3 is 2.52 bits per heavy atom. The van der Waals surface area contributed by atoms with Gasteiger partial charge in [-0.3, -0.25) is 9.59 Å². The Bertz CT molecular complexity index is 520. The van der Waals surface area contributed by atoms with E-state index in [0.29, 0.717) is 0 Å². The highest BCUT2D eigenvalue weighted by molar-refractivity contribution is 8.00. The number of carbonyl (C=O) groups is 2. The van der Waals surface area contributed by atoms with E-state index >= 15 is 0 Å². The van der Waals surface area contributed by atoms with E-state index in [1.54, 1.807) is 6.92 Å². The van der Waals surface area contributed by atoms with Crippen LogP contribution in [0, 0.1) is 5.92 Å². The first kappa shape index (κ1) is 17.4. The average Bonchev–Trinajstić information content (AvgIpc) is 2.34. The zero-order valence-corrected chi connectivity index (χ0v) is 11.9. The maximum absolute atomic E-state index is 12.4. The summed E-state index contributed by atoms with van der Waals surface area (Å²) < 4.78 is 37.2. The van der Waals surface area contributed by atoms with Crippen molar-refractivity contribution in [2.24, 2.45) is 5.92 Å². The summed E-state index contributed by atoms with van der Waals surface area (Å²) in [5, 5.41) is 11.0. The molecule has 4 nitrogen and oxygen atoms in total. The highest BCUT2D eigenvalue weighted by atomic mass is 32.2. The first-order valence-electron chi connectivity index (χ1n) is 6.04. The quantitative estimate of drug-likeness (QED) is 0.790. The molecule has 0 aliphatic rings. The van der Waals surface area contributed by atoms with Crippen LogP contribution in [0.3, 0.4) is 0 Å². The number of nitrogens with one attached hydrogen (secondary N) is 1. The normalized spacial score (nSPS) is 12.8. The summed E-state index contributed by atoms with van der Waals surface area (Å²) in [5.41, 5.74) is -4.56. The summed E-state index contributed by atoms with van der Waals surface area (Å²) in [6.07, 6.45) is -0.126. The average molecular weight is 321 g/mol. The molecule has 0 spiro atoms. The fraction of sp³-hybridized carbons (Fsp3) is 0.385. The van der Waals surface area contributed by atoms with E-state index in [4.69, 9.17) is 5.11 Å². The van der Waals surface area contributed by atoms with Crippen LogP contribution in [0.4, 0.5) is 13.2 Å². The van der Waals surface area contributed by atoms with E-state index in [-0.39, 0.29) is 41.1 Å². The van der Waals surface area contributed by atoms with Gasteiger partial charge in [-0.15, -0.1) is 0 Å². The van der Waals surface area contributed by atoms with Gasteiger partial charge in [-0.05, 0) is 29.8 Å². The Morgan fingerprint density at radius 2 is 1.95 bits per heavy atom. The lowest BCUT2D eigenvalue weighted by Crippen LogP contribution is -2.29. The van der Waals surface area contributed by atoms with Crippen LogP contribution in [0.2, 0.25) is 0 Å². The van der Waals surface area contributed by atoms with E-state index in [1.165, 1.54) is 24.3 Å². The van der Waals surface area contributed by atoms with E-state index in [9.17, 15) is 22.8 Å². The SMILES string of the molecule is CC(CNC(=O)c1ccccc1SC(F)(F)F)CC(=O)O. The summed E-state index contributed by atoms with van der Waals surface area (Å²) in [6.45, 7) is 1.71. The number of aliphatic carboxylic acids is 1. The van der Waals surface area contributed by atoms with Gasteiger partial charge in [0.2, 0.25) is 0 Å². The van der Waals surface area contributed by atoms with Crippen LogP contribution in [0.15, 0.2) is 29.2 Å². The number of hydrogen-bond donors (Lipinski definition) is 2. The topological polar surface area (TPSA) is 66.4 Å². The molecule has 0 saturated carbocycles. The highest BCUT2D eigenvalue weighted by Crippen LogP contribution is 2.38. The Hall–Kier alpha value is -1.70. The van der Waals surface area contributed by atoms with Gasteiger partial charge in [-0.25, -0.2) is 0 Å². The van der Waals surface area contributed by atoms with Crippen molar-refractivity contribution in [1.82, 2.24) is 5.32 Å². The first-order chi connectivity index (χ1) is 9.69. The zero-order valence-electron chi connectivity index (χ0n) is 11.1. The van der Waals surface area contributed by atoms with Crippen LogP contribution in [-0.4, -0.2) is 29.0 Å². The van der Waals surface area contributed by atoms with Gasteiger partial charge >= 0.3 is 11.5 Å². The molecular weight excluding hydrogens is 307 g/mol. The van der Waals surface area contributed by atoms with Crippen LogP contribution in [0.5, 0.6) is 0 Å². The number of hydrogen-bond acceptors (Lipinski definition) is 3. The van der Waals surface area contributed by atoms with Gasteiger partial charge in [-0.1, -0.05) is 19.1 Å². The molecule has 1 rings (SSSR count). The summed E-state index contributed by atoms with van der Waals surface area (Å²) in [4.78, 5) is 22.2. The lowest BCUT2D eigenvalue weighted by molar-refractivity contribution is -0.137. The molecule has 21 heavy (non-hydrogen) atoms. The van der Waals surface area contributed by atoms with Crippen LogP contribution >= 0.6 is 11.8 Å². The molecule has 0 aliphatic carbocycles. The third kappa shape index (κ3) is 6.52. The minimum atomic E-state index is -4.48. The van der Waals surface area contributed by atoms with Gasteiger partial charge in [0.05, 0.1) is 5.56 Å². The van der Waals surface area contributed by atoms with E-state index in [1.807, 2.05) is 0 Å². The summed E-state index contributed by atoms with van der Waals surface area (Å²) in [7, 11) is 0. The summed E-state index contributed by atoms with van der Waals surface area (Å²) in [6, 6.07) is 5.40. The molecule has 8 heteroatoms. The van der Waals surface area contributed by atoms with Gasteiger partial charge in [0.25, 0.3) is 5.91 Å². The van der Waals surface area contributed by atoms with Crippen molar-refractivity contribution in [2.45, 2.75) is 23.7 Å². The largest absolute Gasteiger partial charge is 0.481 e. The van der Waals surface area contributed by atoms with Crippen molar-refractivity contribution in [3.05, 3.63) is 29.8 Å². The third-order valence-corrected chi connectivity index (χ3v) is 3.30. The maximum Gasteiger partial charge on any atom is 0.446 e. The number of amides is 1.